The normalized spacial score (nSPS) is 10.5. The van der Waals surface area contributed by atoms with E-state index in [1.54, 1.807) is 22.7 Å². The number of aromatic hydroxyl groups is 1. The van der Waals surface area contributed by atoms with Crippen LogP contribution in [0.1, 0.15) is 0 Å². The first-order valence-corrected chi connectivity index (χ1v) is 3.19. The van der Waals surface area contributed by atoms with E-state index in [1.807, 2.05) is 0 Å². The van der Waals surface area contributed by atoms with Gasteiger partial charge < -0.3 is 10.8 Å². The van der Waals surface area contributed by atoms with E-state index in [0.717, 1.165) is 5.65 Å². The van der Waals surface area contributed by atoms with Crippen LogP contribution in [0.2, 0.25) is 0 Å². The predicted molar refractivity (Wildman–Crippen MR) is 41.3 cm³/mol. The summed E-state index contributed by atoms with van der Waals surface area (Å²) in [4.78, 5) is 3.99. The van der Waals surface area contributed by atoms with Crippen LogP contribution in [0, 0.1) is 0 Å². The van der Waals surface area contributed by atoms with Gasteiger partial charge in [0.05, 0.1) is 12.4 Å². The van der Waals surface area contributed by atoms with Gasteiger partial charge in [-0.15, -0.1) is 0 Å². The van der Waals surface area contributed by atoms with Crippen LogP contribution in [0.3, 0.4) is 0 Å². The van der Waals surface area contributed by atoms with Gasteiger partial charge in [-0.05, 0) is 12.1 Å². The van der Waals surface area contributed by atoms with Crippen molar-refractivity contribution < 1.29 is 5.11 Å². The van der Waals surface area contributed by atoms with E-state index in [2.05, 4.69) is 4.98 Å². The summed E-state index contributed by atoms with van der Waals surface area (Å²) >= 11 is 0. The van der Waals surface area contributed by atoms with E-state index in [9.17, 15) is 0 Å². The van der Waals surface area contributed by atoms with E-state index in [4.69, 9.17) is 10.8 Å². The van der Waals surface area contributed by atoms with E-state index in [1.165, 1.54) is 6.20 Å². The van der Waals surface area contributed by atoms with Gasteiger partial charge >= 0.3 is 0 Å². The van der Waals surface area contributed by atoms with Gasteiger partial charge in [0.15, 0.2) is 0 Å². The molecule has 0 atom stereocenters. The minimum absolute atomic E-state index is 0.183. The maximum absolute atomic E-state index is 9.07. The molecule has 0 bridgehead atoms. The Labute approximate surface area is 62.9 Å². The minimum atomic E-state index is 0.183. The number of hydrogen-bond acceptors (Lipinski definition) is 3. The molecule has 11 heavy (non-hydrogen) atoms. The van der Waals surface area contributed by atoms with Crippen molar-refractivity contribution in [3.8, 4) is 5.75 Å². The largest absolute Gasteiger partial charge is 0.506 e. The third-order valence-corrected chi connectivity index (χ3v) is 1.52. The summed E-state index contributed by atoms with van der Waals surface area (Å²) in [5, 5.41) is 9.07. The number of nitrogens with zero attached hydrogens (tertiary/aromatic N) is 2. The van der Waals surface area contributed by atoms with Gasteiger partial charge in [0.1, 0.15) is 17.2 Å². The molecule has 0 amide bonds. The van der Waals surface area contributed by atoms with Crippen LogP contribution in [0.25, 0.3) is 5.65 Å². The zero-order chi connectivity index (χ0) is 7.84. The quantitative estimate of drug-likeness (QED) is 0.577. The Kier molecular flexibility index (Phi) is 1.03. The third kappa shape index (κ3) is 0.797. The molecule has 2 aromatic heterocycles. The van der Waals surface area contributed by atoms with Gasteiger partial charge in [-0.1, -0.05) is 0 Å². The molecule has 0 aliphatic carbocycles. The standard InChI is InChI=1S/C7H7N3O/c8-6-3-9-7-2-1-5(11)4-10(6)7/h1-4,11H,8H2. The summed E-state index contributed by atoms with van der Waals surface area (Å²) in [7, 11) is 0. The highest BCUT2D eigenvalue weighted by Gasteiger charge is 1.98. The molecule has 56 valence electrons. The van der Waals surface area contributed by atoms with Gasteiger partial charge in [-0.2, -0.15) is 0 Å². The Hall–Kier alpha value is -1.71. The zero-order valence-corrected chi connectivity index (χ0v) is 5.73. The molecule has 2 aromatic rings. The zero-order valence-electron chi connectivity index (χ0n) is 5.73. The van der Waals surface area contributed by atoms with Crippen molar-refractivity contribution in [1.82, 2.24) is 9.38 Å². The second-order valence-corrected chi connectivity index (χ2v) is 2.30. The van der Waals surface area contributed by atoms with Crippen LogP contribution >= 0.6 is 0 Å². The van der Waals surface area contributed by atoms with Crippen molar-refractivity contribution in [3.63, 3.8) is 0 Å². The molecule has 2 rings (SSSR count). The Morgan fingerprint density at radius 3 is 3.09 bits per heavy atom. The summed E-state index contributed by atoms with van der Waals surface area (Å²) in [5.41, 5.74) is 6.27. The van der Waals surface area contributed by atoms with Gasteiger partial charge in [0, 0.05) is 0 Å². The van der Waals surface area contributed by atoms with E-state index < -0.39 is 0 Å². The first-order valence-electron chi connectivity index (χ1n) is 3.19. The Morgan fingerprint density at radius 1 is 1.45 bits per heavy atom. The summed E-state index contributed by atoms with van der Waals surface area (Å²) in [5.74, 6) is 0.707. The summed E-state index contributed by atoms with van der Waals surface area (Å²) in [6, 6.07) is 3.27. The second kappa shape index (κ2) is 1.88. The molecule has 0 radical (unpaired) electrons. The fraction of sp³-hybridized carbons (Fsp3) is 0. The number of anilines is 1. The lowest BCUT2D eigenvalue weighted by Crippen LogP contribution is -1.90. The van der Waals surface area contributed by atoms with E-state index in [-0.39, 0.29) is 5.75 Å². The first-order chi connectivity index (χ1) is 5.27. The summed E-state index contributed by atoms with van der Waals surface area (Å²) < 4.78 is 1.62. The maximum Gasteiger partial charge on any atom is 0.138 e. The van der Waals surface area contributed by atoms with Crippen molar-refractivity contribution in [2.24, 2.45) is 0 Å². The SMILES string of the molecule is Nc1cnc2ccc(O)cn12. The highest BCUT2D eigenvalue weighted by molar-refractivity contribution is 5.49. The smallest absolute Gasteiger partial charge is 0.138 e. The monoisotopic (exact) mass is 149 g/mol. The molecular formula is C7H7N3O. The molecule has 0 unspecified atom stereocenters. The predicted octanol–water partition coefficient (Wildman–Crippen LogP) is 0.622. The van der Waals surface area contributed by atoms with Crippen molar-refractivity contribution in [1.29, 1.82) is 0 Å². The van der Waals surface area contributed by atoms with Crippen LogP contribution in [-0.4, -0.2) is 14.5 Å². The molecule has 4 nitrogen and oxygen atoms in total. The molecule has 0 aromatic carbocycles. The molecule has 2 heterocycles. The van der Waals surface area contributed by atoms with Crippen molar-refractivity contribution in [3.05, 3.63) is 24.5 Å². The fourth-order valence-electron chi connectivity index (χ4n) is 0.988. The lowest BCUT2D eigenvalue weighted by molar-refractivity contribution is 0.472. The van der Waals surface area contributed by atoms with Gasteiger partial charge in [0.25, 0.3) is 0 Å². The average molecular weight is 149 g/mol. The summed E-state index contributed by atoms with van der Waals surface area (Å²) in [6.45, 7) is 0. The number of nitrogen functional groups attached to an aromatic ring is 1. The van der Waals surface area contributed by atoms with Crippen LogP contribution in [0.4, 0.5) is 5.82 Å². The van der Waals surface area contributed by atoms with Gasteiger partial charge in [0.2, 0.25) is 0 Å². The number of rotatable bonds is 0. The molecule has 3 N–H and O–H groups in total. The molecule has 0 saturated heterocycles. The van der Waals surface area contributed by atoms with Gasteiger partial charge in [-0.3, -0.25) is 4.40 Å². The van der Waals surface area contributed by atoms with Crippen LogP contribution < -0.4 is 5.73 Å². The molecule has 4 heteroatoms. The fourth-order valence-corrected chi connectivity index (χ4v) is 0.988. The minimum Gasteiger partial charge on any atom is -0.506 e. The molecule has 0 spiro atoms. The third-order valence-electron chi connectivity index (χ3n) is 1.52. The van der Waals surface area contributed by atoms with Gasteiger partial charge in [-0.25, -0.2) is 4.98 Å². The lowest BCUT2D eigenvalue weighted by Gasteiger charge is -1.95. The molecule has 0 aliphatic heterocycles. The molecular weight excluding hydrogens is 142 g/mol. The molecule has 0 fully saturated rings. The lowest BCUT2D eigenvalue weighted by atomic mass is 10.4. The molecule has 0 aliphatic rings. The topological polar surface area (TPSA) is 63.5 Å². The van der Waals surface area contributed by atoms with Crippen LogP contribution in [0.5, 0.6) is 5.75 Å². The van der Waals surface area contributed by atoms with Crippen LogP contribution in [0.15, 0.2) is 24.5 Å². The molecule has 0 saturated carbocycles. The maximum atomic E-state index is 9.07. The number of hydrogen-bond donors (Lipinski definition) is 2. The Bertz CT molecular complexity index is 393. The number of aromatic nitrogens is 2. The summed E-state index contributed by atoms with van der Waals surface area (Å²) in [6.07, 6.45) is 3.08. The number of fused-ring (bicyclic) bond motifs is 1. The van der Waals surface area contributed by atoms with E-state index >= 15 is 0 Å². The van der Waals surface area contributed by atoms with E-state index in [0.29, 0.717) is 5.82 Å². The van der Waals surface area contributed by atoms with Crippen LogP contribution in [-0.2, 0) is 0 Å². The number of nitrogens with two attached hydrogens (primary N) is 1. The van der Waals surface area contributed by atoms with Crippen molar-refractivity contribution in [2.75, 3.05) is 5.73 Å². The van der Waals surface area contributed by atoms with Crippen molar-refractivity contribution in [2.45, 2.75) is 0 Å². The van der Waals surface area contributed by atoms with Crippen molar-refractivity contribution >= 4 is 11.5 Å². The Balaban J connectivity index is 2.87. The number of imidazole rings is 1. The first kappa shape index (κ1) is 6.03. The highest BCUT2D eigenvalue weighted by atomic mass is 16.3. The number of pyridine rings is 1. The Morgan fingerprint density at radius 2 is 2.27 bits per heavy atom. The average Bonchev–Trinajstić information content (AvgIpc) is 2.33. The highest BCUT2D eigenvalue weighted by Crippen LogP contribution is 2.13. The second-order valence-electron chi connectivity index (χ2n) is 2.30.